The third kappa shape index (κ3) is 6.68. The van der Waals surface area contributed by atoms with E-state index >= 15 is 0 Å². The molecule has 0 spiro atoms. The molecule has 0 aromatic heterocycles. The van der Waals surface area contributed by atoms with Crippen molar-refractivity contribution in [1.82, 2.24) is 0 Å². The van der Waals surface area contributed by atoms with E-state index in [0.717, 1.165) is 40.0 Å². The molecule has 6 nitrogen and oxygen atoms in total. The fourth-order valence-electron chi connectivity index (χ4n) is 4.67. The molecule has 3 aromatic carbocycles. The quantitative estimate of drug-likeness (QED) is 0.325. The van der Waals surface area contributed by atoms with Crippen LogP contribution >= 0.6 is 0 Å². The Labute approximate surface area is 219 Å². The smallest absolute Gasteiger partial charge is 0.303 e. The molecule has 1 aliphatic rings. The minimum Gasteiger partial charge on any atom is -0.494 e. The molecule has 0 aliphatic carbocycles. The standard InChI is InChI=1S/C29H32FNO5S/c1-18-12-23(35-10-5-11-37(3)34)13-19(2)29(18)22-7-4-6-21(14-22)26-17-36-27-15-20(8-9-28(32)33)24(30)16-25(27)31-26/h4,6-7,12-16,26,31H,5,8-11,17H2,1-3H3,(H,32,33). The average molecular weight is 526 g/mol. The molecule has 4 rings (SSSR count). The number of hydrogen-bond acceptors (Lipinski definition) is 5. The molecule has 0 fully saturated rings. The molecule has 0 radical (unpaired) electrons. The number of carboxylic acid groups (broad SMARTS) is 1. The SMILES string of the molecule is Cc1cc(OCCCS(C)=O)cc(C)c1-c1cccc(C2COc3cc(CCC(=O)O)c(F)cc3N2)c1. The van der Waals surface area contributed by atoms with E-state index in [0.29, 0.717) is 36.0 Å². The van der Waals surface area contributed by atoms with E-state index in [4.69, 9.17) is 14.6 Å². The molecule has 0 saturated carbocycles. The minimum absolute atomic E-state index is 0.117. The maximum Gasteiger partial charge on any atom is 0.303 e. The zero-order valence-corrected chi connectivity index (χ0v) is 22.1. The lowest BCUT2D eigenvalue weighted by Gasteiger charge is -2.29. The van der Waals surface area contributed by atoms with Crippen LogP contribution < -0.4 is 14.8 Å². The van der Waals surface area contributed by atoms with Gasteiger partial charge in [0.1, 0.15) is 23.9 Å². The maximum absolute atomic E-state index is 14.6. The van der Waals surface area contributed by atoms with Crippen molar-refractivity contribution in [3.05, 3.63) is 76.6 Å². The first-order valence-corrected chi connectivity index (χ1v) is 14.0. The lowest BCUT2D eigenvalue weighted by molar-refractivity contribution is -0.136. The van der Waals surface area contributed by atoms with Gasteiger partial charge in [-0.15, -0.1) is 0 Å². The van der Waals surface area contributed by atoms with Crippen molar-refractivity contribution in [3.8, 4) is 22.6 Å². The van der Waals surface area contributed by atoms with Crippen molar-refractivity contribution < 1.29 is 28.0 Å². The van der Waals surface area contributed by atoms with Gasteiger partial charge in [0.25, 0.3) is 0 Å². The summed E-state index contributed by atoms with van der Waals surface area (Å²) in [6.07, 6.45) is 2.43. The summed E-state index contributed by atoms with van der Waals surface area (Å²) >= 11 is 0. The molecular formula is C29H32FNO5S. The first-order valence-electron chi connectivity index (χ1n) is 12.3. The first kappa shape index (κ1) is 26.7. The van der Waals surface area contributed by atoms with Crippen molar-refractivity contribution in [2.24, 2.45) is 0 Å². The Morgan fingerprint density at radius 1 is 1.19 bits per heavy atom. The number of anilines is 1. The Hall–Kier alpha value is -3.39. The third-order valence-electron chi connectivity index (χ3n) is 6.42. The number of ether oxygens (including phenoxy) is 2. The summed E-state index contributed by atoms with van der Waals surface area (Å²) in [6, 6.07) is 15.1. The molecule has 2 unspecified atom stereocenters. The molecule has 2 N–H and O–H groups in total. The Balaban J connectivity index is 1.51. The number of benzene rings is 3. The highest BCUT2D eigenvalue weighted by atomic mass is 32.2. The highest BCUT2D eigenvalue weighted by molar-refractivity contribution is 7.84. The van der Waals surface area contributed by atoms with E-state index in [1.807, 2.05) is 24.3 Å². The van der Waals surface area contributed by atoms with E-state index in [1.165, 1.54) is 6.07 Å². The van der Waals surface area contributed by atoms with Crippen LogP contribution in [-0.4, -0.2) is 40.5 Å². The number of nitrogens with one attached hydrogen (secondary N) is 1. The molecule has 3 aromatic rings. The van der Waals surface area contributed by atoms with Gasteiger partial charge in [0.2, 0.25) is 0 Å². The fourth-order valence-corrected chi connectivity index (χ4v) is 5.19. The van der Waals surface area contributed by atoms with Gasteiger partial charge in [0, 0.05) is 35.3 Å². The van der Waals surface area contributed by atoms with Crippen LogP contribution in [0.3, 0.4) is 0 Å². The summed E-state index contributed by atoms with van der Waals surface area (Å²) in [6.45, 7) is 5.02. The van der Waals surface area contributed by atoms with Crippen LogP contribution in [0.1, 0.15) is 41.1 Å². The number of aliphatic carboxylic acids is 1. The molecule has 0 amide bonds. The third-order valence-corrected chi connectivity index (χ3v) is 7.28. The second-order valence-corrected chi connectivity index (χ2v) is 10.9. The summed E-state index contributed by atoms with van der Waals surface area (Å²) < 4.78 is 37.7. The second-order valence-electron chi connectivity index (χ2n) is 9.38. The van der Waals surface area contributed by atoms with Crippen LogP contribution in [0.5, 0.6) is 11.5 Å². The summed E-state index contributed by atoms with van der Waals surface area (Å²) in [5.41, 5.74) is 6.31. The number of fused-ring (bicyclic) bond motifs is 1. The molecule has 0 saturated heterocycles. The molecular weight excluding hydrogens is 493 g/mol. The zero-order valence-electron chi connectivity index (χ0n) is 21.3. The van der Waals surface area contributed by atoms with Gasteiger partial charge in [-0.1, -0.05) is 18.2 Å². The molecule has 2 atom stereocenters. The molecule has 0 bridgehead atoms. The molecule has 1 heterocycles. The van der Waals surface area contributed by atoms with Gasteiger partial charge in [-0.3, -0.25) is 9.00 Å². The number of aryl methyl sites for hydroxylation is 3. The lowest BCUT2D eigenvalue weighted by atomic mass is 9.92. The number of carboxylic acids is 1. The fraction of sp³-hybridized carbons (Fsp3) is 0.345. The second kappa shape index (κ2) is 11.8. The van der Waals surface area contributed by atoms with E-state index in [1.54, 1.807) is 12.3 Å². The zero-order chi connectivity index (χ0) is 26.5. The van der Waals surface area contributed by atoms with Crippen molar-refractivity contribution in [3.63, 3.8) is 0 Å². The van der Waals surface area contributed by atoms with Crippen molar-refractivity contribution >= 4 is 22.5 Å². The van der Waals surface area contributed by atoms with E-state index in [2.05, 4.69) is 31.3 Å². The Morgan fingerprint density at radius 3 is 2.65 bits per heavy atom. The number of carbonyl (C=O) groups is 1. The van der Waals surface area contributed by atoms with Crippen LogP contribution in [0.4, 0.5) is 10.1 Å². The predicted octanol–water partition coefficient (Wildman–Crippen LogP) is 5.82. The maximum atomic E-state index is 14.6. The Kier molecular flexibility index (Phi) is 8.48. The van der Waals surface area contributed by atoms with Gasteiger partial charge in [0.05, 0.1) is 18.3 Å². The first-order chi connectivity index (χ1) is 17.7. The van der Waals surface area contributed by atoms with Crippen LogP contribution in [0.15, 0.2) is 48.5 Å². The van der Waals surface area contributed by atoms with Crippen LogP contribution in [0.25, 0.3) is 11.1 Å². The number of halogens is 1. The van der Waals surface area contributed by atoms with E-state index in [-0.39, 0.29) is 18.9 Å². The predicted molar refractivity (Wildman–Crippen MR) is 145 cm³/mol. The summed E-state index contributed by atoms with van der Waals surface area (Å²) in [7, 11) is -0.815. The normalized spacial score (nSPS) is 15.3. The van der Waals surface area contributed by atoms with E-state index in [9.17, 15) is 13.4 Å². The van der Waals surface area contributed by atoms with Crippen LogP contribution in [-0.2, 0) is 22.0 Å². The van der Waals surface area contributed by atoms with Gasteiger partial charge in [-0.05, 0) is 84.3 Å². The van der Waals surface area contributed by atoms with Gasteiger partial charge < -0.3 is 19.9 Å². The van der Waals surface area contributed by atoms with Crippen LogP contribution in [0, 0.1) is 19.7 Å². The van der Waals surface area contributed by atoms with Gasteiger partial charge >= 0.3 is 5.97 Å². The average Bonchev–Trinajstić information content (AvgIpc) is 2.84. The van der Waals surface area contributed by atoms with Gasteiger partial charge in [0.15, 0.2) is 0 Å². The number of rotatable bonds is 10. The molecule has 37 heavy (non-hydrogen) atoms. The highest BCUT2D eigenvalue weighted by Gasteiger charge is 2.23. The summed E-state index contributed by atoms with van der Waals surface area (Å²) in [4.78, 5) is 10.9. The molecule has 196 valence electrons. The highest BCUT2D eigenvalue weighted by Crippen LogP contribution is 2.38. The van der Waals surface area contributed by atoms with Crippen molar-refractivity contribution in [2.45, 2.75) is 39.2 Å². The molecule has 8 heteroatoms. The van der Waals surface area contributed by atoms with Crippen LogP contribution in [0.2, 0.25) is 0 Å². The van der Waals surface area contributed by atoms with Crippen molar-refractivity contribution in [2.75, 3.05) is 30.5 Å². The largest absolute Gasteiger partial charge is 0.494 e. The minimum atomic E-state index is -0.963. The van der Waals surface area contributed by atoms with E-state index < -0.39 is 22.6 Å². The van der Waals surface area contributed by atoms with Crippen molar-refractivity contribution in [1.29, 1.82) is 0 Å². The van der Waals surface area contributed by atoms with Gasteiger partial charge in [-0.2, -0.15) is 0 Å². The number of hydrogen-bond donors (Lipinski definition) is 2. The topological polar surface area (TPSA) is 84.9 Å². The summed E-state index contributed by atoms with van der Waals surface area (Å²) in [5.74, 6) is 0.559. The molecule has 1 aliphatic heterocycles. The van der Waals surface area contributed by atoms with Gasteiger partial charge in [-0.25, -0.2) is 4.39 Å². The lowest BCUT2D eigenvalue weighted by Crippen LogP contribution is -2.24. The Bertz CT molecular complexity index is 1300. The Morgan fingerprint density at radius 2 is 1.95 bits per heavy atom. The monoisotopic (exact) mass is 525 g/mol. The summed E-state index contributed by atoms with van der Waals surface area (Å²) in [5, 5.41) is 12.3.